The first-order valence-electron chi connectivity index (χ1n) is 11.8. The molecule has 0 aromatic heterocycles. The summed E-state index contributed by atoms with van der Waals surface area (Å²) in [5.74, 6) is 0.945. The molecular formula is C29H32N2O2. The van der Waals surface area contributed by atoms with Gasteiger partial charge in [-0.2, -0.15) is 0 Å². The molecule has 2 aliphatic heterocycles. The van der Waals surface area contributed by atoms with Gasteiger partial charge in [0.2, 0.25) is 0 Å². The highest BCUT2D eigenvalue weighted by molar-refractivity contribution is 6.07. The molecule has 3 aromatic rings. The van der Waals surface area contributed by atoms with Crippen molar-refractivity contribution in [3.05, 3.63) is 94.5 Å². The summed E-state index contributed by atoms with van der Waals surface area (Å²) in [6, 6.07) is 22.9. The number of nitrogens with zero attached hydrogens (tertiary/aromatic N) is 2. The predicted octanol–water partition coefficient (Wildman–Crippen LogP) is 5.51. The van der Waals surface area contributed by atoms with Crippen LogP contribution in [0.1, 0.15) is 45.5 Å². The van der Waals surface area contributed by atoms with Crippen LogP contribution < -0.4 is 9.64 Å². The number of aryl methyl sites for hydroxylation is 2. The fourth-order valence-electron chi connectivity index (χ4n) is 5.44. The summed E-state index contributed by atoms with van der Waals surface area (Å²) >= 11 is 0. The van der Waals surface area contributed by atoms with Gasteiger partial charge in [-0.15, -0.1) is 0 Å². The van der Waals surface area contributed by atoms with Gasteiger partial charge in [0.1, 0.15) is 5.75 Å². The number of piperidine rings is 1. The van der Waals surface area contributed by atoms with E-state index in [1.54, 1.807) is 7.11 Å². The van der Waals surface area contributed by atoms with E-state index in [0.29, 0.717) is 0 Å². The number of carbonyl (C=O) groups is 1. The van der Waals surface area contributed by atoms with E-state index in [1.165, 1.54) is 16.7 Å². The molecule has 0 atom stereocenters. The van der Waals surface area contributed by atoms with Crippen LogP contribution in [0.15, 0.2) is 66.7 Å². The van der Waals surface area contributed by atoms with E-state index >= 15 is 0 Å². The third kappa shape index (κ3) is 4.16. The number of methoxy groups -OCH3 is 1. The second kappa shape index (κ2) is 8.68. The lowest BCUT2D eigenvalue weighted by atomic mass is 9.74. The van der Waals surface area contributed by atoms with E-state index in [-0.39, 0.29) is 11.3 Å². The molecule has 0 N–H and O–H groups in total. The quantitative estimate of drug-likeness (QED) is 0.537. The highest BCUT2D eigenvalue weighted by atomic mass is 16.5. The van der Waals surface area contributed by atoms with Gasteiger partial charge in [0.25, 0.3) is 5.91 Å². The Kier molecular flexibility index (Phi) is 5.71. The van der Waals surface area contributed by atoms with Crippen LogP contribution in [0.4, 0.5) is 5.69 Å². The van der Waals surface area contributed by atoms with Crippen LogP contribution in [0.3, 0.4) is 0 Å². The Balaban J connectivity index is 1.40. The maximum Gasteiger partial charge on any atom is 0.258 e. The molecule has 5 rings (SSSR count). The monoisotopic (exact) mass is 440 g/mol. The van der Waals surface area contributed by atoms with Crippen LogP contribution in [0.5, 0.6) is 5.75 Å². The van der Waals surface area contributed by atoms with Gasteiger partial charge in [-0.3, -0.25) is 9.69 Å². The second-order valence-corrected chi connectivity index (χ2v) is 9.69. The summed E-state index contributed by atoms with van der Waals surface area (Å²) in [5, 5.41) is 0. The molecule has 0 saturated carbocycles. The van der Waals surface area contributed by atoms with Gasteiger partial charge in [-0.05, 0) is 81.2 Å². The third-order valence-electron chi connectivity index (χ3n) is 7.37. The lowest BCUT2D eigenvalue weighted by molar-refractivity contribution is 0.0975. The normalized spacial score (nSPS) is 17.2. The van der Waals surface area contributed by atoms with Gasteiger partial charge < -0.3 is 9.64 Å². The maximum atomic E-state index is 13.5. The Labute approximate surface area is 196 Å². The number of carbonyl (C=O) groups excluding carboxylic acids is 1. The Morgan fingerprint density at radius 1 is 0.939 bits per heavy atom. The number of rotatable bonds is 4. The number of benzene rings is 3. The van der Waals surface area contributed by atoms with Gasteiger partial charge >= 0.3 is 0 Å². The fraction of sp³-hybridized carbons (Fsp3) is 0.345. The van der Waals surface area contributed by atoms with Crippen molar-refractivity contribution in [3.63, 3.8) is 0 Å². The van der Waals surface area contributed by atoms with E-state index in [9.17, 15) is 4.79 Å². The summed E-state index contributed by atoms with van der Waals surface area (Å²) in [5.41, 5.74) is 6.87. The average molecular weight is 441 g/mol. The first-order chi connectivity index (χ1) is 16.0. The van der Waals surface area contributed by atoms with Crippen LogP contribution in [0, 0.1) is 13.8 Å². The number of fused-ring (bicyclic) bond motifs is 2. The summed E-state index contributed by atoms with van der Waals surface area (Å²) < 4.78 is 5.56. The molecule has 1 saturated heterocycles. The van der Waals surface area contributed by atoms with Gasteiger partial charge in [-0.25, -0.2) is 0 Å². The van der Waals surface area contributed by atoms with Crippen molar-refractivity contribution in [1.82, 2.24) is 4.90 Å². The Hall–Kier alpha value is -3.11. The topological polar surface area (TPSA) is 32.8 Å². The molecular weight excluding hydrogens is 408 g/mol. The third-order valence-corrected chi connectivity index (χ3v) is 7.37. The molecule has 1 fully saturated rings. The predicted molar refractivity (Wildman–Crippen MR) is 133 cm³/mol. The Bertz CT molecular complexity index is 1160. The lowest BCUT2D eigenvalue weighted by Gasteiger charge is -2.40. The van der Waals surface area contributed by atoms with Crippen molar-refractivity contribution in [2.24, 2.45) is 0 Å². The molecule has 4 nitrogen and oxygen atoms in total. The molecule has 0 unspecified atom stereocenters. The minimum absolute atomic E-state index is 0.0205. The van der Waals surface area contributed by atoms with E-state index in [1.807, 2.05) is 42.2 Å². The summed E-state index contributed by atoms with van der Waals surface area (Å²) in [7, 11) is 1.71. The number of amides is 1. The van der Waals surface area contributed by atoms with E-state index < -0.39 is 0 Å². The van der Waals surface area contributed by atoms with Crippen LogP contribution >= 0.6 is 0 Å². The van der Waals surface area contributed by atoms with Gasteiger partial charge in [-0.1, -0.05) is 47.5 Å². The highest BCUT2D eigenvalue weighted by Crippen LogP contribution is 2.48. The van der Waals surface area contributed by atoms with Crippen molar-refractivity contribution >= 4 is 11.6 Å². The van der Waals surface area contributed by atoms with Crippen molar-refractivity contribution in [1.29, 1.82) is 0 Å². The van der Waals surface area contributed by atoms with Gasteiger partial charge in [0.15, 0.2) is 0 Å². The van der Waals surface area contributed by atoms with Gasteiger partial charge in [0.05, 0.1) is 7.11 Å². The summed E-state index contributed by atoms with van der Waals surface area (Å²) in [6.07, 6.45) is 2.08. The zero-order chi connectivity index (χ0) is 23.0. The van der Waals surface area contributed by atoms with Crippen molar-refractivity contribution in [2.75, 3.05) is 31.6 Å². The number of likely N-dealkylation sites (tertiary alicyclic amines) is 1. The molecule has 0 aliphatic carbocycles. The number of anilines is 1. The zero-order valence-electron chi connectivity index (χ0n) is 19.8. The first kappa shape index (κ1) is 21.7. The van der Waals surface area contributed by atoms with E-state index in [2.05, 4.69) is 48.2 Å². The number of hydrogen-bond donors (Lipinski definition) is 0. The van der Waals surface area contributed by atoms with Gasteiger partial charge in [0, 0.05) is 29.8 Å². The minimum Gasteiger partial charge on any atom is -0.497 e. The van der Waals surface area contributed by atoms with Crippen molar-refractivity contribution < 1.29 is 9.53 Å². The first-order valence-corrected chi connectivity index (χ1v) is 11.8. The molecule has 170 valence electrons. The molecule has 1 spiro atoms. The van der Waals surface area contributed by atoms with Crippen LogP contribution in [-0.4, -0.2) is 37.6 Å². The van der Waals surface area contributed by atoms with Crippen LogP contribution in [0.2, 0.25) is 0 Å². The Morgan fingerprint density at radius 3 is 2.39 bits per heavy atom. The van der Waals surface area contributed by atoms with E-state index in [0.717, 1.165) is 61.6 Å². The molecule has 4 heteroatoms. The van der Waals surface area contributed by atoms with Crippen LogP contribution in [0.25, 0.3) is 0 Å². The molecule has 2 aliphatic rings. The smallest absolute Gasteiger partial charge is 0.258 e. The Morgan fingerprint density at radius 2 is 1.70 bits per heavy atom. The van der Waals surface area contributed by atoms with Crippen molar-refractivity contribution in [3.8, 4) is 5.75 Å². The van der Waals surface area contributed by atoms with Crippen molar-refractivity contribution in [2.45, 2.75) is 38.6 Å². The zero-order valence-corrected chi connectivity index (χ0v) is 19.8. The molecule has 0 radical (unpaired) electrons. The van der Waals surface area contributed by atoms with E-state index in [4.69, 9.17) is 4.74 Å². The molecule has 0 bridgehead atoms. The SMILES string of the molecule is COc1ccc2c(c1)C1(CCN(Cc3cccc(C)c3)CC1)CN2C(=O)c1ccc(C)cc1. The fourth-order valence-corrected chi connectivity index (χ4v) is 5.44. The minimum atomic E-state index is -0.0205. The van der Waals surface area contributed by atoms with Crippen LogP contribution in [-0.2, 0) is 12.0 Å². The average Bonchev–Trinajstić information content (AvgIpc) is 3.14. The molecule has 3 aromatic carbocycles. The summed E-state index contributed by atoms with van der Waals surface area (Å²) in [4.78, 5) is 18.1. The maximum absolute atomic E-state index is 13.5. The molecule has 2 heterocycles. The highest BCUT2D eigenvalue weighted by Gasteiger charge is 2.46. The molecule has 1 amide bonds. The summed E-state index contributed by atoms with van der Waals surface area (Å²) in [6.45, 7) is 7.96. The number of hydrogen-bond acceptors (Lipinski definition) is 3. The largest absolute Gasteiger partial charge is 0.497 e. The number of ether oxygens (including phenoxy) is 1. The molecule has 33 heavy (non-hydrogen) atoms. The second-order valence-electron chi connectivity index (χ2n) is 9.69. The lowest BCUT2D eigenvalue weighted by Crippen LogP contribution is -2.45. The standard InChI is InChI=1S/C29H32N2O2/c1-21-7-9-24(10-8-21)28(32)31-20-29(26-18-25(33-3)11-12-27(26)31)13-15-30(16-14-29)19-23-6-4-5-22(2)17-23/h4-12,17-18H,13-16,19-20H2,1-3H3.